The Morgan fingerprint density at radius 3 is 2.86 bits per heavy atom. The summed E-state index contributed by atoms with van der Waals surface area (Å²) in [7, 11) is 0. The van der Waals surface area contributed by atoms with Gasteiger partial charge in [0, 0.05) is 11.8 Å². The summed E-state index contributed by atoms with van der Waals surface area (Å²) in [5.41, 5.74) is 1.48. The van der Waals surface area contributed by atoms with Crippen LogP contribution in [0.4, 0.5) is 10.2 Å². The number of pyridine rings is 3. The molecule has 4 aromatic rings. The minimum Gasteiger partial charge on any atom is -0.454 e. The van der Waals surface area contributed by atoms with Crippen molar-refractivity contribution in [2.24, 2.45) is 0 Å². The molecular weight excluding hydrogens is 375 g/mol. The maximum atomic E-state index is 13.4. The van der Waals surface area contributed by atoms with Gasteiger partial charge in [0.15, 0.2) is 5.65 Å². The van der Waals surface area contributed by atoms with Crippen LogP contribution in [-0.2, 0) is 6.42 Å². The quantitative estimate of drug-likeness (QED) is 0.558. The molecule has 29 heavy (non-hydrogen) atoms. The van der Waals surface area contributed by atoms with Gasteiger partial charge in [0.2, 0.25) is 0 Å². The highest BCUT2D eigenvalue weighted by molar-refractivity contribution is 6.08. The first-order chi connectivity index (χ1) is 14.0. The first kappa shape index (κ1) is 18.5. The van der Waals surface area contributed by atoms with Crippen molar-refractivity contribution in [3.05, 3.63) is 71.8 Å². The number of carbonyl (C=O) groups excluding carboxylic acids is 1. The fourth-order valence-corrected chi connectivity index (χ4v) is 2.81. The number of rotatable bonds is 5. The smallest absolute Gasteiger partial charge is 0.260 e. The highest BCUT2D eigenvalue weighted by atomic mass is 19.1. The molecular formula is C20H17FN6O2. The zero-order valence-corrected chi connectivity index (χ0v) is 15.8. The van der Waals surface area contributed by atoms with Crippen molar-refractivity contribution in [1.29, 1.82) is 0 Å². The van der Waals surface area contributed by atoms with Crippen LogP contribution in [0, 0.1) is 12.7 Å². The number of nitrogens with one attached hydrogen (secondary N) is 1. The van der Waals surface area contributed by atoms with E-state index in [0.29, 0.717) is 17.3 Å². The number of hydrogen-bond acceptors (Lipinski definition) is 6. The average molecular weight is 392 g/mol. The number of amides is 1. The van der Waals surface area contributed by atoms with Crippen LogP contribution in [0.15, 0.2) is 48.9 Å². The van der Waals surface area contributed by atoms with Crippen molar-refractivity contribution in [2.45, 2.75) is 20.3 Å². The molecule has 8 nitrogen and oxygen atoms in total. The van der Waals surface area contributed by atoms with Crippen LogP contribution in [0.2, 0.25) is 0 Å². The molecule has 4 heterocycles. The monoisotopic (exact) mass is 392 g/mol. The van der Waals surface area contributed by atoms with Gasteiger partial charge >= 0.3 is 0 Å². The molecule has 0 aliphatic heterocycles. The number of ether oxygens (including phenoxy) is 1. The molecule has 0 aromatic carbocycles. The Labute approximate surface area is 165 Å². The second-order valence-corrected chi connectivity index (χ2v) is 6.28. The lowest BCUT2D eigenvalue weighted by molar-refractivity contribution is 0.102. The van der Waals surface area contributed by atoms with Crippen LogP contribution in [0.1, 0.15) is 28.8 Å². The zero-order chi connectivity index (χ0) is 20.4. The molecule has 0 spiro atoms. The van der Waals surface area contributed by atoms with E-state index in [0.717, 1.165) is 18.3 Å². The first-order valence-electron chi connectivity index (χ1n) is 8.94. The summed E-state index contributed by atoms with van der Waals surface area (Å²) >= 11 is 0. The van der Waals surface area contributed by atoms with E-state index in [1.165, 1.54) is 22.8 Å². The Kier molecular flexibility index (Phi) is 4.86. The molecule has 0 saturated carbocycles. The first-order valence-corrected chi connectivity index (χ1v) is 8.94. The third kappa shape index (κ3) is 4.03. The minimum atomic E-state index is -0.528. The number of aryl methyl sites for hydroxylation is 2. The average Bonchev–Trinajstić information content (AvgIpc) is 3.07. The number of carbonyl (C=O) groups is 1. The van der Waals surface area contributed by atoms with Crippen LogP contribution < -0.4 is 10.1 Å². The molecule has 4 rings (SSSR count). The lowest BCUT2D eigenvalue weighted by atomic mass is 10.2. The summed E-state index contributed by atoms with van der Waals surface area (Å²) < 4.78 is 20.5. The van der Waals surface area contributed by atoms with E-state index < -0.39 is 11.7 Å². The van der Waals surface area contributed by atoms with Gasteiger partial charge in [-0.25, -0.2) is 18.9 Å². The van der Waals surface area contributed by atoms with Gasteiger partial charge in [-0.3, -0.25) is 9.78 Å². The van der Waals surface area contributed by atoms with E-state index in [2.05, 4.69) is 25.4 Å². The highest BCUT2D eigenvalue weighted by Gasteiger charge is 2.17. The van der Waals surface area contributed by atoms with Crippen LogP contribution in [0.25, 0.3) is 5.65 Å². The van der Waals surface area contributed by atoms with Gasteiger partial charge in [0.1, 0.15) is 29.0 Å². The van der Waals surface area contributed by atoms with Gasteiger partial charge in [-0.2, -0.15) is 5.10 Å². The van der Waals surface area contributed by atoms with Crippen molar-refractivity contribution < 1.29 is 13.9 Å². The fraction of sp³-hybridized carbons (Fsp3) is 0.150. The Balaban J connectivity index is 1.70. The third-order valence-corrected chi connectivity index (χ3v) is 4.08. The van der Waals surface area contributed by atoms with E-state index in [9.17, 15) is 9.18 Å². The second kappa shape index (κ2) is 7.63. The van der Waals surface area contributed by atoms with Crippen LogP contribution in [-0.4, -0.2) is 30.5 Å². The summed E-state index contributed by atoms with van der Waals surface area (Å²) in [5.74, 6) is 0.477. The second-order valence-electron chi connectivity index (χ2n) is 6.28. The van der Waals surface area contributed by atoms with Gasteiger partial charge < -0.3 is 10.1 Å². The number of fused-ring (bicyclic) bond motifs is 1. The third-order valence-electron chi connectivity index (χ3n) is 4.08. The van der Waals surface area contributed by atoms with Gasteiger partial charge in [0.05, 0.1) is 24.2 Å². The van der Waals surface area contributed by atoms with Gasteiger partial charge in [-0.05, 0) is 31.5 Å². The van der Waals surface area contributed by atoms with E-state index in [-0.39, 0.29) is 17.1 Å². The van der Waals surface area contributed by atoms with E-state index in [4.69, 9.17) is 4.74 Å². The SMILES string of the molecule is CCc1cccc(NC(=O)c2cc(Oc3cncc(F)c3)cn3nc(C)nc23)n1. The summed E-state index contributed by atoms with van der Waals surface area (Å²) in [6.07, 6.45) is 4.77. The molecule has 0 radical (unpaired) electrons. The number of aromatic nitrogens is 5. The fourth-order valence-electron chi connectivity index (χ4n) is 2.81. The van der Waals surface area contributed by atoms with E-state index >= 15 is 0 Å². The van der Waals surface area contributed by atoms with E-state index in [1.807, 2.05) is 19.1 Å². The molecule has 0 unspecified atom stereocenters. The lowest BCUT2D eigenvalue weighted by Crippen LogP contribution is -2.15. The Morgan fingerprint density at radius 2 is 2.07 bits per heavy atom. The molecule has 146 valence electrons. The summed E-state index contributed by atoms with van der Waals surface area (Å²) in [6, 6.07) is 8.14. The van der Waals surface area contributed by atoms with Crippen molar-refractivity contribution in [3.8, 4) is 11.5 Å². The van der Waals surface area contributed by atoms with Crippen molar-refractivity contribution in [3.63, 3.8) is 0 Å². The Bertz CT molecular complexity index is 1210. The normalized spacial score (nSPS) is 10.9. The lowest BCUT2D eigenvalue weighted by Gasteiger charge is -2.10. The molecule has 1 N–H and O–H groups in total. The van der Waals surface area contributed by atoms with Crippen LogP contribution in [0.5, 0.6) is 11.5 Å². The van der Waals surface area contributed by atoms with Crippen molar-refractivity contribution in [2.75, 3.05) is 5.32 Å². The molecule has 0 aliphatic carbocycles. The predicted molar refractivity (Wildman–Crippen MR) is 104 cm³/mol. The zero-order valence-electron chi connectivity index (χ0n) is 15.8. The maximum absolute atomic E-state index is 13.4. The molecule has 0 fully saturated rings. The molecule has 1 amide bonds. The van der Waals surface area contributed by atoms with Crippen molar-refractivity contribution >= 4 is 17.4 Å². The van der Waals surface area contributed by atoms with Crippen molar-refractivity contribution in [1.82, 2.24) is 24.6 Å². The molecule has 0 aliphatic rings. The standard InChI is InChI=1S/C20H17FN6O2/c1-3-14-5-4-6-18(24-14)25-20(28)17-8-16(11-27-19(17)23-12(2)26-27)29-15-7-13(21)9-22-10-15/h4-11H,3H2,1-2H3,(H,24,25,28). The molecule has 0 atom stereocenters. The van der Waals surface area contributed by atoms with Crippen LogP contribution >= 0.6 is 0 Å². The number of halogens is 1. The van der Waals surface area contributed by atoms with Gasteiger partial charge in [-0.1, -0.05) is 13.0 Å². The van der Waals surface area contributed by atoms with E-state index in [1.54, 1.807) is 19.2 Å². The minimum absolute atomic E-state index is 0.199. The van der Waals surface area contributed by atoms with Crippen LogP contribution in [0.3, 0.4) is 0 Å². The molecule has 0 bridgehead atoms. The summed E-state index contributed by atoms with van der Waals surface area (Å²) in [6.45, 7) is 3.70. The summed E-state index contributed by atoms with van der Waals surface area (Å²) in [5, 5.41) is 7.03. The number of hydrogen-bond donors (Lipinski definition) is 1. The maximum Gasteiger partial charge on any atom is 0.260 e. The largest absolute Gasteiger partial charge is 0.454 e. The summed E-state index contributed by atoms with van der Waals surface area (Å²) in [4.78, 5) is 25.4. The Hall–Kier alpha value is -3.88. The molecule has 9 heteroatoms. The van der Waals surface area contributed by atoms with Gasteiger partial charge in [0.25, 0.3) is 5.91 Å². The molecule has 0 saturated heterocycles. The Morgan fingerprint density at radius 1 is 1.21 bits per heavy atom. The van der Waals surface area contributed by atoms with Gasteiger partial charge in [-0.15, -0.1) is 0 Å². The topological polar surface area (TPSA) is 94.3 Å². The molecule has 4 aromatic heterocycles. The number of anilines is 1. The number of nitrogens with zero attached hydrogens (tertiary/aromatic N) is 5. The predicted octanol–water partition coefficient (Wildman–Crippen LogP) is 3.57. The highest BCUT2D eigenvalue weighted by Crippen LogP contribution is 2.24.